The van der Waals surface area contributed by atoms with E-state index in [9.17, 15) is 0 Å². The average molecular weight is 577 g/mol. The van der Waals surface area contributed by atoms with Gasteiger partial charge in [0.05, 0.1) is 26.4 Å². The third kappa shape index (κ3) is 7.54. The van der Waals surface area contributed by atoms with E-state index in [0.717, 1.165) is 16.7 Å². The Kier molecular flexibility index (Phi) is 9.76. The van der Waals surface area contributed by atoms with Gasteiger partial charge < -0.3 is 28.1 Å². The Morgan fingerprint density at radius 3 is 1.51 bits per heavy atom. The van der Waals surface area contributed by atoms with Gasteiger partial charge in [-0.25, -0.2) is 0 Å². The maximum Gasteiger partial charge on any atom is 0.192 e. The fraction of sp³-hybridized carbons (Fsp3) is 0.471. The molecule has 2 aliphatic heterocycles. The fourth-order valence-corrected chi connectivity index (χ4v) is 6.00. The first-order valence-electron chi connectivity index (χ1n) is 14.6. The van der Waals surface area contributed by atoms with Crippen LogP contribution in [-0.4, -0.2) is 51.7 Å². The Bertz CT molecular complexity index is 1200. The van der Waals surface area contributed by atoms with Crippen molar-refractivity contribution in [3.8, 4) is 0 Å². The SMILES string of the molecule is CC(C)(C)[Si](C)(C)OC[C@H]1O[C@H]2O[C@@H]1[C@@H](OCc1ccccc1)[C@H](OCc1ccccc1)[C@@H]2OCc1ccccc1. The molecule has 41 heavy (non-hydrogen) atoms. The minimum atomic E-state index is -2.00. The van der Waals surface area contributed by atoms with Gasteiger partial charge in [0, 0.05) is 0 Å². The number of hydrogen-bond acceptors (Lipinski definition) is 6. The zero-order chi connectivity index (χ0) is 28.9. The van der Waals surface area contributed by atoms with Crippen LogP contribution < -0.4 is 0 Å². The van der Waals surface area contributed by atoms with Crippen LogP contribution in [0.3, 0.4) is 0 Å². The van der Waals surface area contributed by atoms with Gasteiger partial charge >= 0.3 is 0 Å². The smallest absolute Gasteiger partial charge is 0.192 e. The van der Waals surface area contributed by atoms with E-state index in [-0.39, 0.29) is 17.2 Å². The molecule has 2 heterocycles. The van der Waals surface area contributed by atoms with Crippen molar-refractivity contribution >= 4 is 8.32 Å². The molecule has 0 unspecified atom stereocenters. The number of hydrogen-bond donors (Lipinski definition) is 0. The monoisotopic (exact) mass is 576 g/mol. The molecular weight excluding hydrogens is 532 g/mol. The van der Waals surface area contributed by atoms with Crippen molar-refractivity contribution in [3.63, 3.8) is 0 Å². The summed E-state index contributed by atoms with van der Waals surface area (Å²) in [6, 6.07) is 30.5. The summed E-state index contributed by atoms with van der Waals surface area (Å²) in [7, 11) is -2.00. The van der Waals surface area contributed by atoms with Crippen molar-refractivity contribution in [3.05, 3.63) is 108 Å². The normalized spacial score (nSPS) is 26.3. The van der Waals surface area contributed by atoms with Gasteiger partial charge in [-0.1, -0.05) is 112 Å². The second-order valence-corrected chi connectivity index (χ2v) is 17.3. The van der Waals surface area contributed by atoms with E-state index in [2.05, 4.69) is 70.3 Å². The standard InChI is InChI=1S/C34H44O6Si/c1-34(2,3)41(4,5)38-24-28-29-30(35-21-25-15-9-6-10-16-25)31(36-22-26-17-11-7-12-18-26)32(33(39-28)40-29)37-23-27-19-13-8-14-20-27/h6-20,28-33H,21-24H2,1-5H3/t28-,29+,30-,31+,32+,33+/m1/s1. The quantitative estimate of drug-likeness (QED) is 0.219. The summed E-state index contributed by atoms with van der Waals surface area (Å²) in [6.07, 6.45) is -2.49. The largest absolute Gasteiger partial charge is 0.414 e. The highest BCUT2D eigenvalue weighted by molar-refractivity contribution is 6.74. The average Bonchev–Trinajstić information content (AvgIpc) is 3.34. The zero-order valence-electron chi connectivity index (χ0n) is 24.9. The van der Waals surface area contributed by atoms with Gasteiger partial charge in [-0.15, -0.1) is 0 Å². The molecule has 6 atom stereocenters. The lowest BCUT2D eigenvalue weighted by molar-refractivity contribution is -0.268. The molecule has 6 nitrogen and oxygen atoms in total. The van der Waals surface area contributed by atoms with E-state index in [4.69, 9.17) is 28.1 Å². The van der Waals surface area contributed by atoms with E-state index >= 15 is 0 Å². The second kappa shape index (κ2) is 13.3. The minimum Gasteiger partial charge on any atom is -0.414 e. The van der Waals surface area contributed by atoms with Crippen LogP contribution in [0.5, 0.6) is 0 Å². The van der Waals surface area contributed by atoms with Crippen molar-refractivity contribution in [2.75, 3.05) is 6.61 Å². The predicted octanol–water partition coefficient (Wildman–Crippen LogP) is 6.89. The molecule has 2 aliphatic rings. The molecule has 7 heteroatoms. The molecule has 2 fully saturated rings. The summed E-state index contributed by atoms with van der Waals surface area (Å²) in [6.45, 7) is 13.0. The molecule has 0 radical (unpaired) electrons. The molecule has 0 N–H and O–H groups in total. The zero-order valence-corrected chi connectivity index (χ0v) is 25.9. The molecule has 0 aliphatic carbocycles. The van der Waals surface area contributed by atoms with Crippen LogP contribution in [0.2, 0.25) is 18.1 Å². The number of fused-ring (bicyclic) bond motifs is 2. The van der Waals surface area contributed by atoms with Crippen molar-refractivity contribution in [2.24, 2.45) is 0 Å². The highest BCUT2D eigenvalue weighted by atomic mass is 28.4. The van der Waals surface area contributed by atoms with Crippen LogP contribution in [0.25, 0.3) is 0 Å². The molecule has 2 saturated heterocycles. The van der Waals surface area contributed by atoms with E-state index < -0.39 is 32.9 Å². The first-order valence-corrected chi connectivity index (χ1v) is 17.5. The van der Waals surface area contributed by atoms with Gasteiger partial charge in [0.1, 0.15) is 30.5 Å². The molecule has 0 amide bonds. The Balaban J connectivity index is 1.40. The molecule has 0 aromatic heterocycles. The topological polar surface area (TPSA) is 55.4 Å². The van der Waals surface area contributed by atoms with Crippen LogP contribution in [0.1, 0.15) is 37.5 Å². The van der Waals surface area contributed by atoms with Crippen LogP contribution in [0, 0.1) is 0 Å². The van der Waals surface area contributed by atoms with E-state index in [1.165, 1.54) is 0 Å². The highest BCUT2D eigenvalue weighted by Gasteiger charge is 2.57. The van der Waals surface area contributed by atoms with Gasteiger partial charge in [0.2, 0.25) is 0 Å². The third-order valence-corrected chi connectivity index (χ3v) is 13.0. The van der Waals surface area contributed by atoms with Crippen LogP contribution in [0.15, 0.2) is 91.0 Å². The van der Waals surface area contributed by atoms with Crippen molar-refractivity contribution in [1.82, 2.24) is 0 Å². The van der Waals surface area contributed by atoms with Crippen molar-refractivity contribution < 1.29 is 28.1 Å². The molecule has 0 spiro atoms. The first-order chi connectivity index (χ1) is 19.7. The van der Waals surface area contributed by atoms with Gasteiger partial charge in [-0.3, -0.25) is 0 Å². The lowest BCUT2D eigenvalue weighted by atomic mass is 9.97. The van der Waals surface area contributed by atoms with Crippen molar-refractivity contribution in [1.29, 1.82) is 0 Å². The van der Waals surface area contributed by atoms with Gasteiger partial charge in [0.15, 0.2) is 14.6 Å². The third-order valence-electron chi connectivity index (χ3n) is 8.48. The Morgan fingerprint density at radius 1 is 0.610 bits per heavy atom. The van der Waals surface area contributed by atoms with Crippen LogP contribution in [-0.2, 0) is 47.9 Å². The van der Waals surface area contributed by atoms with Crippen molar-refractivity contribution in [2.45, 2.75) is 95.5 Å². The van der Waals surface area contributed by atoms with Gasteiger partial charge in [-0.05, 0) is 34.8 Å². The second-order valence-electron chi connectivity index (χ2n) is 12.5. The summed E-state index contributed by atoms with van der Waals surface area (Å²) in [4.78, 5) is 0. The summed E-state index contributed by atoms with van der Waals surface area (Å²) in [5.41, 5.74) is 3.26. The van der Waals surface area contributed by atoms with Crippen LogP contribution in [0.4, 0.5) is 0 Å². The van der Waals surface area contributed by atoms with Gasteiger partial charge in [-0.2, -0.15) is 0 Å². The number of rotatable bonds is 12. The summed E-state index contributed by atoms with van der Waals surface area (Å²) >= 11 is 0. The molecule has 2 bridgehead atoms. The number of ether oxygens (including phenoxy) is 5. The maximum atomic E-state index is 6.66. The van der Waals surface area contributed by atoms with E-state index in [1.807, 2.05) is 54.6 Å². The molecule has 3 aromatic rings. The fourth-order valence-electron chi connectivity index (χ4n) is 4.99. The Labute approximate surface area is 246 Å². The summed E-state index contributed by atoms with van der Waals surface area (Å²) < 4.78 is 39.6. The Morgan fingerprint density at radius 2 is 1.05 bits per heavy atom. The molecule has 220 valence electrons. The number of benzene rings is 3. The summed E-state index contributed by atoms with van der Waals surface area (Å²) in [5.74, 6) is 0. The van der Waals surface area contributed by atoms with Gasteiger partial charge in [0.25, 0.3) is 0 Å². The molecule has 3 aromatic carbocycles. The Hall–Kier alpha value is -2.36. The lowest BCUT2D eigenvalue weighted by Crippen LogP contribution is -2.58. The first kappa shape index (κ1) is 30.1. The maximum absolute atomic E-state index is 6.66. The summed E-state index contributed by atoms with van der Waals surface area (Å²) in [5, 5.41) is 0.0907. The predicted molar refractivity (Wildman–Crippen MR) is 162 cm³/mol. The molecule has 5 rings (SSSR count). The van der Waals surface area contributed by atoms with E-state index in [1.54, 1.807) is 0 Å². The molecule has 0 saturated carbocycles. The highest BCUT2D eigenvalue weighted by Crippen LogP contribution is 2.41. The molecular formula is C34H44O6Si. The van der Waals surface area contributed by atoms with Crippen LogP contribution >= 0.6 is 0 Å². The minimum absolute atomic E-state index is 0.0907. The lowest BCUT2D eigenvalue weighted by Gasteiger charge is -2.41. The van der Waals surface area contributed by atoms with E-state index in [0.29, 0.717) is 26.4 Å².